The molecule has 2 aromatic carbocycles. The average molecular weight is 486 g/mol. The molecule has 0 fully saturated rings. The number of amides is 1. The smallest absolute Gasteiger partial charge is 0.227 e. The van der Waals surface area contributed by atoms with Gasteiger partial charge in [0.15, 0.2) is 11.0 Å². The molecule has 0 aliphatic heterocycles. The molecule has 2 heterocycles. The summed E-state index contributed by atoms with van der Waals surface area (Å²) in [6, 6.07) is 11.8. The van der Waals surface area contributed by atoms with Crippen LogP contribution in [0, 0.1) is 13.8 Å². The topological polar surface area (TPSA) is 96.7 Å². The number of nitrogens with one attached hydrogen (secondary N) is 2. The van der Waals surface area contributed by atoms with Crippen LogP contribution in [-0.2, 0) is 17.0 Å². The second-order valence-corrected chi connectivity index (χ2v) is 8.79. The number of fused-ring (bicyclic) bond motifs is 1. The van der Waals surface area contributed by atoms with Gasteiger partial charge >= 0.3 is 0 Å². The number of hydrogen-bond donors (Lipinski definition) is 2. The number of aromatic amines is 1. The van der Waals surface area contributed by atoms with E-state index in [2.05, 4.69) is 47.4 Å². The van der Waals surface area contributed by atoms with E-state index in [1.165, 1.54) is 17.3 Å². The number of halogens is 1. The lowest BCUT2D eigenvalue weighted by Gasteiger charge is -2.06. The second-order valence-electron chi connectivity index (χ2n) is 6.97. The number of carbonyl (C=O) groups excluding carboxylic acids is 1. The monoisotopic (exact) mass is 485 g/mol. The number of hydrogen-bond acceptors (Lipinski definition) is 6. The first-order valence-corrected chi connectivity index (χ1v) is 11.2. The van der Waals surface area contributed by atoms with Crippen LogP contribution in [0.5, 0.6) is 0 Å². The highest BCUT2D eigenvalue weighted by molar-refractivity contribution is 9.10. The lowest BCUT2D eigenvalue weighted by molar-refractivity contribution is -0.116. The van der Waals surface area contributed by atoms with E-state index in [0.717, 1.165) is 31.9 Å². The van der Waals surface area contributed by atoms with Gasteiger partial charge in [0, 0.05) is 23.0 Å². The van der Waals surface area contributed by atoms with Crippen LogP contribution >= 0.6 is 27.7 Å². The lowest BCUT2D eigenvalue weighted by Crippen LogP contribution is -2.12. The molecular weight excluding hydrogens is 466 g/mol. The predicted molar refractivity (Wildman–Crippen MR) is 121 cm³/mol. The molecule has 0 saturated carbocycles. The number of aryl methyl sites for hydroxylation is 3. The van der Waals surface area contributed by atoms with Crippen LogP contribution < -0.4 is 5.32 Å². The Morgan fingerprint density at radius 3 is 2.90 bits per heavy atom. The minimum absolute atomic E-state index is 0.0941. The van der Waals surface area contributed by atoms with Crippen LogP contribution in [0.2, 0.25) is 0 Å². The van der Waals surface area contributed by atoms with Gasteiger partial charge in [-0.3, -0.25) is 4.79 Å². The Hall–Kier alpha value is -2.65. The maximum atomic E-state index is 12.2. The molecule has 1 amide bonds. The molecule has 0 bridgehead atoms. The molecule has 0 aliphatic rings. The fourth-order valence-corrected chi connectivity index (χ4v) is 3.89. The number of benzene rings is 2. The first-order chi connectivity index (χ1) is 14.5. The summed E-state index contributed by atoms with van der Waals surface area (Å²) >= 11 is 4.96. The van der Waals surface area contributed by atoms with Gasteiger partial charge in [0.1, 0.15) is 0 Å². The molecule has 154 valence electrons. The zero-order chi connectivity index (χ0) is 21.1. The second kappa shape index (κ2) is 9.01. The fraction of sp³-hybridized carbons (Fsp3) is 0.238. The molecule has 7 nitrogen and oxygen atoms in total. The minimum atomic E-state index is -0.0941. The summed E-state index contributed by atoms with van der Waals surface area (Å²) in [5.74, 6) is 1.47. The van der Waals surface area contributed by atoms with Crippen LogP contribution in [0.15, 0.2) is 50.6 Å². The maximum Gasteiger partial charge on any atom is 0.227 e. The number of imidazole rings is 1. The predicted octanol–water partition coefficient (Wildman–Crippen LogP) is 5.19. The van der Waals surface area contributed by atoms with Gasteiger partial charge in [-0.25, -0.2) is 4.98 Å². The van der Waals surface area contributed by atoms with Crippen LogP contribution in [-0.4, -0.2) is 26.0 Å². The summed E-state index contributed by atoms with van der Waals surface area (Å²) < 4.78 is 6.28. The fourth-order valence-electron chi connectivity index (χ4n) is 2.92. The Kier molecular flexibility index (Phi) is 6.19. The van der Waals surface area contributed by atoms with E-state index >= 15 is 0 Å². The van der Waals surface area contributed by atoms with E-state index in [9.17, 15) is 4.79 Å². The zero-order valence-electron chi connectivity index (χ0n) is 16.5. The highest BCUT2D eigenvalue weighted by Gasteiger charge is 2.11. The van der Waals surface area contributed by atoms with Gasteiger partial charge in [-0.05, 0) is 55.3 Å². The van der Waals surface area contributed by atoms with E-state index in [-0.39, 0.29) is 12.3 Å². The number of aromatic nitrogens is 4. The maximum absolute atomic E-state index is 12.2. The van der Waals surface area contributed by atoms with E-state index in [1.807, 2.05) is 44.2 Å². The van der Waals surface area contributed by atoms with Crippen molar-refractivity contribution in [1.29, 1.82) is 0 Å². The number of thioether (sulfide) groups is 1. The van der Waals surface area contributed by atoms with Gasteiger partial charge in [0.05, 0.1) is 16.8 Å². The molecule has 30 heavy (non-hydrogen) atoms. The molecule has 9 heteroatoms. The zero-order valence-corrected chi connectivity index (χ0v) is 18.9. The molecule has 0 atom stereocenters. The molecule has 0 spiro atoms. The summed E-state index contributed by atoms with van der Waals surface area (Å²) in [4.78, 5) is 24.4. The van der Waals surface area contributed by atoms with E-state index in [0.29, 0.717) is 23.9 Å². The summed E-state index contributed by atoms with van der Waals surface area (Å²) in [7, 11) is 0. The van der Waals surface area contributed by atoms with Crippen molar-refractivity contribution in [3.05, 3.63) is 63.7 Å². The highest BCUT2D eigenvalue weighted by Crippen LogP contribution is 2.23. The first kappa shape index (κ1) is 20.6. The Balaban J connectivity index is 1.28. The molecule has 0 saturated heterocycles. The molecular formula is C21H20BrN5O2S. The third-order valence-corrected chi connectivity index (χ3v) is 6.23. The molecule has 0 radical (unpaired) electrons. The van der Waals surface area contributed by atoms with Crippen LogP contribution in [0.25, 0.3) is 11.0 Å². The Morgan fingerprint density at radius 2 is 2.07 bits per heavy atom. The van der Waals surface area contributed by atoms with Gasteiger partial charge in [-0.1, -0.05) is 38.9 Å². The van der Waals surface area contributed by atoms with E-state index < -0.39 is 0 Å². The number of nitrogens with zero attached hydrogens (tertiary/aromatic N) is 3. The third kappa shape index (κ3) is 5.09. The van der Waals surface area contributed by atoms with Crippen molar-refractivity contribution in [2.45, 2.75) is 37.6 Å². The van der Waals surface area contributed by atoms with Crippen molar-refractivity contribution in [3.8, 4) is 0 Å². The van der Waals surface area contributed by atoms with Crippen molar-refractivity contribution in [1.82, 2.24) is 20.1 Å². The van der Waals surface area contributed by atoms with Crippen molar-refractivity contribution in [3.63, 3.8) is 0 Å². The lowest BCUT2D eigenvalue weighted by atomic mass is 10.2. The number of carbonyl (C=O) groups is 1. The highest BCUT2D eigenvalue weighted by atomic mass is 79.9. The Bertz CT molecular complexity index is 1200. The number of rotatable bonds is 7. The Morgan fingerprint density at radius 1 is 1.20 bits per heavy atom. The summed E-state index contributed by atoms with van der Waals surface area (Å²) in [5.41, 5.74) is 4.96. The summed E-state index contributed by atoms with van der Waals surface area (Å²) in [6.45, 7) is 4.03. The average Bonchev–Trinajstić information content (AvgIpc) is 3.33. The first-order valence-electron chi connectivity index (χ1n) is 9.43. The molecule has 4 rings (SSSR count). The summed E-state index contributed by atoms with van der Waals surface area (Å²) in [6.07, 6.45) is 0.662. The third-order valence-electron chi connectivity index (χ3n) is 4.47. The van der Waals surface area contributed by atoms with Gasteiger partial charge in [0.2, 0.25) is 11.8 Å². The van der Waals surface area contributed by atoms with Crippen molar-refractivity contribution >= 4 is 50.3 Å². The molecule has 0 aliphatic carbocycles. The van der Waals surface area contributed by atoms with Crippen molar-refractivity contribution < 1.29 is 9.32 Å². The van der Waals surface area contributed by atoms with Crippen LogP contribution in [0.1, 0.15) is 29.3 Å². The van der Waals surface area contributed by atoms with Crippen molar-refractivity contribution in [2.75, 3.05) is 5.32 Å². The Labute approximate surface area is 186 Å². The summed E-state index contributed by atoms with van der Waals surface area (Å²) in [5, 5.41) is 7.69. The van der Waals surface area contributed by atoms with Gasteiger partial charge in [0.25, 0.3) is 0 Å². The molecule has 2 N–H and O–H groups in total. The number of H-pyrrole nitrogens is 1. The van der Waals surface area contributed by atoms with Gasteiger partial charge < -0.3 is 14.8 Å². The molecule has 4 aromatic rings. The van der Waals surface area contributed by atoms with E-state index in [1.54, 1.807) is 0 Å². The van der Waals surface area contributed by atoms with Crippen LogP contribution in [0.3, 0.4) is 0 Å². The van der Waals surface area contributed by atoms with Crippen molar-refractivity contribution in [2.24, 2.45) is 0 Å². The SMILES string of the molecule is Cc1ccc2nc(SCc3noc(CCC(=O)Nc4ccc(Br)c(C)c4)n3)[nH]c2c1. The standard InChI is InChI=1S/C21H20BrN5O2S/c1-12-3-6-16-17(9-12)25-21(24-16)30-11-18-26-20(29-27-18)8-7-19(28)23-14-4-5-15(22)13(2)10-14/h3-6,9-10H,7-8,11H2,1-2H3,(H,23,28)(H,24,25). The van der Waals surface area contributed by atoms with Gasteiger partial charge in [-0.2, -0.15) is 4.98 Å². The largest absolute Gasteiger partial charge is 0.339 e. The van der Waals surface area contributed by atoms with Crippen LogP contribution in [0.4, 0.5) is 5.69 Å². The number of anilines is 1. The minimum Gasteiger partial charge on any atom is -0.339 e. The molecule has 2 aromatic heterocycles. The normalized spacial score (nSPS) is 11.2. The van der Waals surface area contributed by atoms with Gasteiger partial charge in [-0.15, -0.1) is 0 Å². The molecule has 0 unspecified atom stereocenters. The quantitative estimate of drug-likeness (QED) is 0.349. The van der Waals surface area contributed by atoms with E-state index in [4.69, 9.17) is 4.52 Å².